The van der Waals surface area contributed by atoms with E-state index < -0.39 is 0 Å². The molecule has 2 N–H and O–H groups in total. The lowest BCUT2D eigenvalue weighted by Crippen LogP contribution is -2.23. The van der Waals surface area contributed by atoms with E-state index in [2.05, 4.69) is 63.8 Å². The maximum absolute atomic E-state index is 12.0. The smallest absolute Gasteiger partial charge is 0.220 e. The fraction of sp³-hybridized carbons (Fsp3) is 0.316. The second kappa shape index (κ2) is 8.65. The molecule has 0 aromatic heterocycles. The third kappa shape index (κ3) is 4.82. The molecule has 128 valence electrons. The summed E-state index contributed by atoms with van der Waals surface area (Å²) in [5.41, 5.74) is 6.28. The predicted octanol–water partition coefficient (Wildman–Crippen LogP) is 4.03. The van der Waals surface area contributed by atoms with Gasteiger partial charge in [0, 0.05) is 30.5 Å². The van der Waals surface area contributed by atoms with E-state index >= 15 is 0 Å². The Morgan fingerprint density at radius 3 is 2.67 bits per heavy atom. The van der Waals surface area contributed by atoms with Crippen molar-refractivity contribution in [2.45, 2.75) is 39.4 Å². The minimum absolute atomic E-state index is 0. The molecule has 3 nitrogen and oxygen atoms in total. The van der Waals surface area contributed by atoms with Crippen molar-refractivity contribution in [1.82, 2.24) is 10.6 Å². The second-order valence-electron chi connectivity index (χ2n) is 6.07. The summed E-state index contributed by atoms with van der Waals surface area (Å²) >= 11 is 3.50. The summed E-state index contributed by atoms with van der Waals surface area (Å²) in [6.07, 6.45) is 1.29. The Balaban J connectivity index is 0.00000208. The Morgan fingerprint density at radius 1 is 1.12 bits per heavy atom. The number of hydrogen-bond acceptors (Lipinski definition) is 2. The molecule has 0 bridgehead atoms. The van der Waals surface area contributed by atoms with Gasteiger partial charge in [0.05, 0.1) is 0 Å². The van der Waals surface area contributed by atoms with Crippen LogP contribution in [0.4, 0.5) is 0 Å². The van der Waals surface area contributed by atoms with E-state index in [1.807, 2.05) is 6.07 Å². The van der Waals surface area contributed by atoms with Crippen molar-refractivity contribution in [3.8, 4) is 0 Å². The first kappa shape index (κ1) is 19.0. The highest BCUT2D eigenvalue weighted by molar-refractivity contribution is 9.10. The highest BCUT2D eigenvalue weighted by atomic mass is 79.9. The zero-order chi connectivity index (χ0) is 16.2. The standard InChI is InChI=1S/C19H21BrN2O.ClH/c1-13-8-14(3-6-18(13)20)4-7-19(23)22-10-15-2-5-16-11-21-12-17(16)9-15;/h2-3,5-6,8-9,21H,4,7,10-12H2,1H3,(H,22,23);1H. The average Bonchev–Trinajstić information content (AvgIpc) is 3.01. The number of fused-ring (bicyclic) bond motifs is 1. The van der Waals surface area contributed by atoms with Gasteiger partial charge in [-0.1, -0.05) is 46.3 Å². The van der Waals surface area contributed by atoms with Crippen LogP contribution in [-0.4, -0.2) is 5.91 Å². The van der Waals surface area contributed by atoms with E-state index in [1.165, 1.54) is 27.8 Å². The number of carbonyl (C=O) groups is 1. The van der Waals surface area contributed by atoms with Gasteiger partial charge in [0.15, 0.2) is 0 Å². The second-order valence-corrected chi connectivity index (χ2v) is 6.92. The molecule has 24 heavy (non-hydrogen) atoms. The topological polar surface area (TPSA) is 41.1 Å². The van der Waals surface area contributed by atoms with Crippen LogP contribution in [0.2, 0.25) is 0 Å². The molecule has 0 unspecified atom stereocenters. The highest BCUT2D eigenvalue weighted by Gasteiger charge is 2.10. The van der Waals surface area contributed by atoms with E-state index in [0.717, 1.165) is 24.0 Å². The largest absolute Gasteiger partial charge is 0.352 e. The van der Waals surface area contributed by atoms with Gasteiger partial charge in [0.2, 0.25) is 5.91 Å². The van der Waals surface area contributed by atoms with Crippen LogP contribution < -0.4 is 10.6 Å². The molecule has 0 fully saturated rings. The van der Waals surface area contributed by atoms with Crippen LogP contribution in [0.15, 0.2) is 40.9 Å². The molecule has 3 rings (SSSR count). The summed E-state index contributed by atoms with van der Waals surface area (Å²) in [4.78, 5) is 12.0. The minimum atomic E-state index is 0. The highest BCUT2D eigenvalue weighted by Crippen LogP contribution is 2.18. The Bertz CT molecular complexity index is 733. The number of aryl methyl sites for hydroxylation is 2. The first-order chi connectivity index (χ1) is 11.1. The Morgan fingerprint density at radius 2 is 1.88 bits per heavy atom. The molecular formula is C19H22BrClN2O. The van der Waals surface area contributed by atoms with Gasteiger partial charge in [-0.2, -0.15) is 0 Å². The van der Waals surface area contributed by atoms with Crippen LogP contribution >= 0.6 is 28.3 Å². The van der Waals surface area contributed by atoms with Crippen molar-refractivity contribution in [2.24, 2.45) is 0 Å². The summed E-state index contributed by atoms with van der Waals surface area (Å²) in [6, 6.07) is 12.7. The van der Waals surface area contributed by atoms with Crippen molar-refractivity contribution in [1.29, 1.82) is 0 Å². The van der Waals surface area contributed by atoms with Crippen molar-refractivity contribution in [3.63, 3.8) is 0 Å². The summed E-state index contributed by atoms with van der Waals surface area (Å²) in [7, 11) is 0. The number of benzene rings is 2. The van der Waals surface area contributed by atoms with E-state index in [9.17, 15) is 4.79 Å². The molecule has 2 aromatic carbocycles. The predicted molar refractivity (Wildman–Crippen MR) is 103 cm³/mol. The van der Waals surface area contributed by atoms with E-state index in [1.54, 1.807) is 0 Å². The van der Waals surface area contributed by atoms with E-state index in [-0.39, 0.29) is 18.3 Å². The lowest BCUT2D eigenvalue weighted by molar-refractivity contribution is -0.121. The number of hydrogen-bond donors (Lipinski definition) is 2. The van der Waals surface area contributed by atoms with Crippen LogP contribution in [0, 0.1) is 6.92 Å². The lowest BCUT2D eigenvalue weighted by atomic mass is 10.1. The molecule has 0 saturated carbocycles. The summed E-state index contributed by atoms with van der Waals surface area (Å²) in [6.45, 7) is 4.55. The number of carbonyl (C=O) groups excluding carboxylic acids is 1. The van der Waals surface area contributed by atoms with E-state index in [0.29, 0.717) is 13.0 Å². The molecule has 0 saturated heterocycles. The Hall–Kier alpha value is -1.36. The third-order valence-electron chi connectivity index (χ3n) is 4.25. The van der Waals surface area contributed by atoms with Gasteiger partial charge >= 0.3 is 0 Å². The van der Waals surface area contributed by atoms with Crippen molar-refractivity contribution < 1.29 is 4.79 Å². The van der Waals surface area contributed by atoms with Crippen LogP contribution in [0.3, 0.4) is 0 Å². The average molecular weight is 410 g/mol. The van der Waals surface area contributed by atoms with Crippen molar-refractivity contribution >= 4 is 34.2 Å². The van der Waals surface area contributed by atoms with Gasteiger partial charge in [0.1, 0.15) is 0 Å². The number of nitrogens with one attached hydrogen (secondary N) is 2. The minimum Gasteiger partial charge on any atom is -0.352 e. The normalized spacial score (nSPS) is 12.4. The molecule has 0 spiro atoms. The van der Waals surface area contributed by atoms with Gasteiger partial charge in [-0.3, -0.25) is 4.79 Å². The molecular weight excluding hydrogens is 388 g/mol. The molecule has 1 aliphatic rings. The molecule has 1 amide bonds. The van der Waals surface area contributed by atoms with Crippen LogP contribution in [0.5, 0.6) is 0 Å². The zero-order valence-electron chi connectivity index (χ0n) is 13.7. The molecule has 5 heteroatoms. The molecule has 0 aliphatic carbocycles. The van der Waals surface area contributed by atoms with Crippen LogP contribution in [0.25, 0.3) is 0 Å². The van der Waals surface area contributed by atoms with Crippen molar-refractivity contribution in [3.05, 3.63) is 68.7 Å². The lowest BCUT2D eigenvalue weighted by Gasteiger charge is -2.08. The monoisotopic (exact) mass is 408 g/mol. The van der Waals surface area contributed by atoms with Gasteiger partial charge < -0.3 is 10.6 Å². The summed E-state index contributed by atoms with van der Waals surface area (Å²) in [5.74, 6) is 0.101. The Kier molecular flexibility index (Phi) is 6.84. The summed E-state index contributed by atoms with van der Waals surface area (Å²) in [5, 5.41) is 6.35. The maximum Gasteiger partial charge on any atom is 0.220 e. The number of halogens is 2. The molecule has 0 radical (unpaired) electrons. The fourth-order valence-electron chi connectivity index (χ4n) is 2.87. The van der Waals surface area contributed by atoms with Crippen LogP contribution in [0.1, 0.15) is 34.2 Å². The molecule has 0 atom stereocenters. The van der Waals surface area contributed by atoms with E-state index in [4.69, 9.17) is 0 Å². The first-order valence-corrected chi connectivity index (χ1v) is 8.74. The Labute approximate surface area is 157 Å². The van der Waals surface area contributed by atoms with Gasteiger partial charge in [-0.05, 0) is 47.2 Å². The number of amides is 1. The third-order valence-corrected chi connectivity index (χ3v) is 5.14. The SMILES string of the molecule is Cc1cc(CCC(=O)NCc2ccc3c(c2)CNC3)ccc1Br.Cl. The van der Waals surface area contributed by atoms with Crippen LogP contribution in [-0.2, 0) is 30.8 Å². The van der Waals surface area contributed by atoms with Gasteiger partial charge in [-0.15, -0.1) is 12.4 Å². The van der Waals surface area contributed by atoms with Gasteiger partial charge in [0.25, 0.3) is 0 Å². The quantitative estimate of drug-likeness (QED) is 0.783. The zero-order valence-corrected chi connectivity index (χ0v) is 16.1. The number of rotatable bonds is 5. The molecule has 2 aromatic rings. The summed E-state index contributed by atoms with van der Waals surface area (Å²) < 4.78 is 1.11. The molecule has 1 aliphatic heterocycles. The fourth-order valence-corrected chi connectivity index (χ4v) is 3.11. The first-order valence-electron chi connectivity index (χ1n) is 7.95. The van der Waals surface area contributed by atoms with Crippen molar-refractivity contribution in [2.75, 3.05) is 0 Å². The molecule has 1 heterocycles. The van der Waals surface area contributed by atoms with Gasteiger partial charge in [-0.25, -0.2) is 0 Å². The maximum atomic E-state index is 12.0.